The van der Waals surface area contributed by atoms with Gasteiger partial charge in [0.2, 0.25) is 5.95 Å². The molecule has 1 N–H and O–H groups in total. The van der Waals surface area contributed by atoms with Crippen LogP contribution in [0.25, 0.3) is 0 Å². The number of allylic oxidation sites excluding steroid dienone is 1. The number of rotatable bonds is 10. The number of anilines is 4. The molecule has 2 heterocycles. The number of ether oxygens (including phenoxy) is 2. The first-order chi connectivity index (χ1) is 17.9. The number of ketones is 1. The lowest BCUT2D eigenvalue weighted by molar-refractivity contribution is -0.114. The summed E-state index contributed by atoms with van der Waals surface area (Å²) in [5.74, 6) is 1.12. The molecule has 0 unspecified atom stereocenters. The summed E-state index contributed by atoms with van der Waals surface area (Å²) >= 11 is 6.53. The second-order valence-corrected chi connectivity index (χ2v) is 8.42. The molecule has 2 aromatic carbocycles. The van der Waals surface area contributed by atoms with Crippen molar-refractivity contribution in [3.05, 3.63) is 71.4 Å². The Morgan fingerprint density at radius 1 is 1.27 bits per heavy atom. The van der Waals surface area contributed by atoms with E-state index in [2.05, 4.69) is 21.9 Å². The number of halogens is 2. The van der Waals surface area contributed by atoms with Crippen molar-refractivity contribution in [1.29, 1.82) is 0 Å². The zero-order valence-corrected chi connectivity index (χ0v) is 21.1. The number of fused-ring (bicyclic) bond motifs is 1. The highest BCUT2D eigenvalue weighted by atomic mass is 35.5. The topological polar surface area (TPSA) is 96.9 Å². The zero-order valence-electron chi connectivity index (χ0n) is 20.3. The number of nitrogens with one attached hydrogen (secondary N) is 1. The largest absolute Gasteiger partial charge is 0.497 e. The Hall–Kier alpha value is -4.18. The van der Waals surface area contributed by atoms with E-state index in [0.29, 0.717) is 28.4 Å². The average Bonchev–Trinajstić information content (AvgIpc) is 2.91. The van der Waals surface area contributed by atoms with Gasteiger partial charge < -0.3 is 14.8 Å². The summed E-state index contributed by atoms with van der Waals surface area (Å²) in [5, 5.41) is 3.32. The number of methoxy groups -OCH3 is 2. The third-order valence-corrected chi connectivity index (χ3v) is 6.17. The lowest BCUT2D eigenvalue weighted by atomic mass is 10.1. The fourth-order valence-electron chi connectivity index (χ4n) is 3.95. The highest BCUT2D eigenvalue weighted by Gasteiger charge is 2.35. The van der Waals surface area contributed by atoms with Crippen LogP contribution in [0.15, 0.2) is 55.3 Å². The number of alkyl halides is 1. The molecule has 192 valence electrons. The summed E-state index contributed by atoms with van der Waals surface area (Å²) in [6.45, 7) is 2.61. The SMILES string of the molecule is C=CC(=O)Cc1ccccc1Nc1ncc2c(n1)N(CCF)C(=O)N(c1cc(OC)cc(OC)c1Cl)C2. The van der Waals surface area contributed by atoms with E-state index in [1.807, 2.05) is 18.2 Å². The first-order valence-corrected chi connectivity index (χ1v) is 11.7. The molecule has 2 amide bonds. The minimum atomic E-state index is -0.784. The summed E-state index contributed by atoms with van der Waals surface area (Å²) in [7, 11) is 2.95. The molecular formula is C26H25ClFN5O4. The van der Waals surface area contributed by atoms with E-state index in [4.69, 9.17) is 21.1 Å². The smallest absolute Gasteiger partial charge is 0.330 e. The van der Waals surface area contributed by atoms with Gasteiger partial charge >= 0.3 is 6.03 Å². The van der Waals surface area contributed by atoms with Gasteiger partial charge in [0, 0.05) is 36.0 Å². The minimum Gasteiger partial charge on any atom is -0.497 e. The molecular weight excluding hydrogens is 501 g/mol. The second kappa shape index (κ2) is 11.3. The number of carbonyl (C=O) groups is 2. The van der Waals surface area contributed by atoms with Crippen molar-refractivity contribution >= 4 is 46.6 Å². The third kappa shape index (κ3) is 5.34. The van der Waals surface area contributed by atoms with Gasteiger partial charge in [0.25, 0.3) is 0 Å². The van der Waals surface area contributed by atoms with E-state index in [0.717, 1.165) is 5.56 Å². The molecule has 0 radical (unpaired) electrons. The molecule has 0 spiro atoms. The number of hydrogen-bond acceptors (Lipinski definition) is 7. The maximum atomic E-state index is 13.6. The summed E-state index contributed by atoms with van der Waals surface area (Å²) < 4.78 is 24.2. The van der Waals surface area contributed by atoms with Crippen molar-refractivity contribution in [2.75, 3.05) is 42.6 Å². The Kier molecular flexibility index (Phi) is 7.88. The number of urea groups is 1. The molecule has 3 aromatic rings. The minimum absolute atomic E-state index is 0.0949. The summed E-state index contributed by atoms with van der Waals surface area (Å²) in [5.41, 5.74) is 2.30. The number of nitrogens with zero attached hydrogens (tertiary/aromatic N) is 4. The van der Waals surface area contributed by atoms with E-state index in [9.17, 15) is 14.0 Å². The molecule has 1 aromatic heterocycles. The van der Waals surface area contributed by atoms with Gasteiger partial charge in [0.1, 0.15) is 29.0 Å². The quantitative estimate of drug-likeness (QED) is 0.368. The Morgan fingerprint density at radius 2 is 2.05 bits per heavy atom. The number of amides is 2. The van der Waals surface area contributed by atoms with Crippen molar-refractivity contribution in [2.24, 2.45) is 0 Å². The van der Waals surface area contributed by atoms with E-state index in [-0.39, 0.29) is 42.1 Å². The lowest BCUT2D eigenvalue weighted by Gasteiger charge is -2.36. The number of carbonyl (C=O) groups excluding carboxylic acids is 2. The fraction of sp³-hybridized carbons (Fsp3) is 0.231. The van der Waals surface area contributed by atoms with Crippen molar-refractivity contribution in [2.45, 2.75) is 13.0 Å². The normalized spacial score (nSPS) is 12.7. The molecule has 9 nitrogen and oxygen atoms in total. The van der Waals surface area contributed by atoms with Gasteiger partial charge in [-0.1, -0.05) is 36.4 Å². The molecule has 0 bridgehead atoms. The highest BCUT2D eigenvalue weighted by molar-refractivity contribution is 6.35. The van der Waals surface area contributed by atoms with E-state index in [1.165, 1.54) is 30.1 Å². The van der Waals surface area contributed by atoms with Crippen molar-refractivity contribution < 1.29 is 23.5 Å². The van der Waals surface area contributed by atoms with Crippen LogP contribution < -0.4 is 24.6 Å². The van der Waals surface area contributed by atoms with E-state index >= 15 is 0 Å². The van der Waals surface area contributed by atoms with Crippen LogP contribution in [0.4, 0.5) is 32.3 Å². The lowest BCUT2D eigenvalue weighted by Crippen LogP contribution is -2.49. The highest BCUT2D eigenvalue weighted by Crippen LogP contribution is 2.41. The molecule has 1 aliphatic heterocycles. The van der Waals surface area contributed by atoms with Gasteiger partial charge in [-0.3, -0.25) is 14.6 Å². The van der Waals surface area contributed by atoms with Crippen molar-refractivity contribution in [1.82, 2.24) is 9.97 Å². The van der Waals surface area contributed by atoms with Gasteiger partial charge in [-0.2, -0.15) is 4.98 Å². The fourth-order valence-corrected chi connectivity index (χ4v) is 4.24. The molecule has 37 heavy (non-hydrogen) atoms. The second-order valence-electron chi connectivity index (χ2n) is 8.04. The Bertz CT molecular complexity index is 1350. The number of hydrogen-bond donors (Lipinski definition) is 1. The van der Waals surface area contributed by atoms with E-state index < -0.39 is 12.7 Å². The standard InChI is InChI=1S/C26H25ClFN5O4/c1-4-18(34)11-16-7-5-6-8-20(16)30-25-29-14-17-15-33(26(35)32(10-9-28)24(17)31-25)21-12-19(36-2)13-22(37-3)23(21)27/h4-8,12-14H,1,9-11,15H2,2-3H3,(H,29,30,31). The van der Waals surface area contributed by atoms with Crippen molar-refractivity contribution in [3.8, 4) is 11.5 Å². The molecule has 1 aliphatic rings. The first-order valence-electron chi connectivity index (χ1n) is 11.3. The predicted octanol–water partition coefficient (Wildman–Crippen LogP) is 5.10. The van der Waals surface area contributed by atoms with Gasteiger partial charge in [-0.25, -0.2) is 14.2 Å². The van der Waals surface area contributed by atoms with Crippen LogP contribution >= 0.6 is 11.6 Å². The van der Waals surface area contributed by atoms with Crippen LogP contribution in [-0.2, 0) is 17.8 Å². The molecule has 4 rings (SSSR count). The number of benzene rings is 2. The summed E-state index contributed by atoms with van der Waals surface area (Å²) in [6.07, 6.45) is 2.99. The molecule has 0 saturated heterocycles. The molecule has 0 fully saturated rings. The predicted molar refractivity (Wildman–Crippen MR) is 140 cm³/mol. The summed E-state index contributed by atoms with van der Waals surface area (Å²) in [6, 6.07) is 9.94. The Balaban J connectivity index is 1.70. The molecule has 11 heteroatoms. The van der Waals surface area contributed by atoms with E-state index in [1.54, 1.807) is 24.4 Å². The number of para-hydroxylation sites is 1. The van der Waals surface area contributed by atoms with Gasteiger partial charge in [0.15, 0.2) is 5.78 Å². The van der Waals surface area contributed by atoms with Crippen LogP contribution in [0.1, 0.15) is 11.1 Å². The van der Waals surface area contributed by atoms with Crippen LogP contribution in [0.2, 0.25) is 5.02 Å². The van der Waals surface area contributed by atoms with Crippen LogP contribution in [0, 0.1) is 0 Å². The van der Waals surface area contributed by atoms with Crippen LogP contribution in [-0.4, -0.2) is 49.2 Å². The average molecular weight is 526 g/mol. The van der Waals surface area contributed by atoms with Crippen LogP contribution in [0.5, 0.6) is 11.5 Å². The number of aromatic nitrogens is 2. The summed E-state index contributed by atoms with van der Waals surface area (Å²) in [4.78, 5) is 37.0. The van der Waals surface area contributed by atoms with Crippen LogP contribution in [0.3, 0.4) is 0 Å². The van der Waals surface area contributed by atoms with Gasteiger partial charge in [-0.15, -0.1) is 0 Å². The molecule has 0 atom stereocenters. The Labute approximate surface area is 218 Å². The zero-order chi connectivity index (χ0) is 26.5. The molecule has 0 aliphatic carbocycles. The maximum absolute atomic E-state index is 13.6. The third-order valence-electron chi connectivity index (χ3n) is 5.79. The molecule has 0 saturated carbocycles. The maximum Gasteiger partial charge on any atom is 0.330 e. The van der Waals surface area contributed by atoms with Gasteiger partial charge in [-0.05, 0) is 17.7 Å². The first kappa shape index (κ1) is 25.9. The monoisotopic (exact) mass is 525 g/mol. The van der Waals surface area contributed by atoms with Gasteiger partial charge in [0.05, 0.1) is 33.0 Å². The Morgan fingerprint density at radius 3 is 2.76 bits per heavy atom. The van der Waals surface area contributed by atoms with Crippen molar-refractivity contribution in [3.63, 3.8) is 0 Å².